The maximum absolute atomic E-state index is 14.0. The summed E-state index contributed by atoms with van der Waals surface area (Å²) in [7, 11) is 0. The SMILES string of the molecule is C.CC[C@@H]1CC[C@@]23CCC(=O)C2[C@]1(C)[C@H](OC(=O)COCc1ccccc1)C[C@@](C)(CC)[C@@H](OCOCc1ccccc1)[C@@H]3C.CC[C@]1(C)C[C@@H](OC(=O)CO)[C@@]2(C)C3C(=O)CC[C@@]3(CC[C@H]2CO)[C@@H](C)[C@@H]1O. The van der Waals surface area contributed by atoms with Crippen LogP contribution in [0.5, 0.6) is 0 Å². The zero-order chi connectivity index (χ0) is 52.3. The van der Waals surface area contributed by atoms with E-state index in [4.69, 9.17) is 23.7 Å². The summed E-state index contributed by atoms with van der Waals surface area (Å²) >= 11 is 0. The molecule has 6 saturated carbocycles. The topological polar surface area (TPSA) is 175 Å². The van der Waals surface area contributed by atoms with E-state index in [0.29, 0.717) is 57.0 Å². The fraction of sp³-hybridized carbons (Fsp3) is 0.738. The van der Waals surface area contributed by atoms with Gasteiger partial charge in [-0.25, -0.2) is 9.59 Å². The van der Waals surface area contributed by atoms with E-state index >= 15 is 0 Å². The summed E-state index contributed by atoms with van der Waals surface area (Å²) in [6, 6.07) is 20.0. The molecule has 3 N–H and O–H groups in total. The van der Waals surface area contributed by atoms with Gasteiger partial charge in [0.25, 0.3) is 0 Å². The first-order valence-electron chi connectivity index (χ1n) is 27.5. The van der Waals surface area contributed by atoms with Crippen LogP contribution in [0.4, 0.5) is 0 Å². The lowest BCUT2D eigenvalue weighted by atomic mass is 9.43. The monoisotopic (exact) mass is 1020 g/mol. The number of hydrogen-bond acceptors (Lipinski definition) is 12. The minimum atomic E-state index is -0.720. The predicted octanol–water partition coefficient (Wildman–Crippen LogP) is 10.6. The van der Waals surface area contributed by atoms with Crippen LogP contribution in [-0.2, 0) is 56.1 Å². The van der Waals surface area contributed by atoms with Gasteiger partial charge in [-0.3, -0.25) is 9.59 Å². The Bertz CT molecular complexity index is 2170. The Kier molecular flexibility index (Phi) is 19.1. The molecule has 8 rings (SSSR count). The van der Waals surface area contributed by atoms with E-state index in [-0.39, 0.29) is 91.1 Å². The van der Waals surface area contributed by atoms with E-state index in [1.165, 1.54) is 0 Å². The van der Waals surface area contributed by atoms with Crippen molar-refractivity contribution in [2.24, 2.45) is 68.0 Å². The number of Topliss-reactive ketones (excluding diaryl/α,β-unsaturated/α-hetero) is 2. The zero-order valence-corrected chi connectivity index (χ0v) is 45.0. The fourth-order valence-corrected chi connectivity index (χ4v) is 16.4. The average Bonchev–Trinajstić information content (AvgIpc) is 3.93. The average molecular weight is 1020 g/mol. The molecule has 16 atom stereocenters. The summed E-state index contributed by atoms with van der Waals surface area (Å²) in [5.74, 6) is -0.862. The third-order valence-electron chi connectivity index (χ3n) is 21.0. The number of aliphatic hydroxyl groups excluding tert-OH is 3. The second kappa shape index (κ2) is 23.8. The van der Waals surface area contributed by atoms with Gasteiger partial charge in [-0.15, -0.1) is 0 Å². The third-order valence-corrected chi connectivity index (χ3v) is 21.0. The molecule has 12 nitrogen and oxygen atoms in total. The van der Waals surface area contributed by atoms with Crippen molar-refractivity contribution in [2.45, 2.75) is 191 Å². The number of carbonyl (C=O) groups is 4. The van der Waals surface area contributed by atoms with Gasteiger partial charge < -0.3 is 39.0 Å². The lowest BCUT2D eigenvalue weighted by Crippen LogP contribution is -2.64. The van der Waals surface area contributed by atoms with Crippen molar-refractivity contribution in [1.82, 2.24) is 0 Å². The molecule has 12 heteroatoms. The maximum Gasteiger partial charge on any atom is 0.332 e. The van der Waals surface area contributed by atoms with Crippen molar-refractivity contribution in [2.75, 3.05) is 26.6 Å². The van der Waals surface area contributed by atoms with Crippen molar-refractivity contribution in [3.63, 3.8) is 0 Å². The first kappa shape index (κ1) is 58.7. The standard InChI is InChI=1S/C38H52O6.C22H36O6.CH4/c1-6-30-18-20-38-21-19-31(39)34(38)37(30,5)32(44-33(40)25-41-23-28-14-10-8-11-15-28)22-36(4,7-2)35(27(38)3)43-26-42-24-29-16-12-9-13-17-29;1-5-20(3)10-16(28-17(26)12-24)21(4)14(11-23)6-8-22(13(2)19(20)27)9-7-15(25)18(21)22;/h8-17,27,30,32,34-35H,6-7,18-26H2,1-5H3;13-14,16,18-19,23-24,27H,5-12H2,1-4H3;1H4/t27-,30+,32+,34?,35-,36+,37-,38-;13-,14-,16+,18?,19-,20+,21-,22-;/m00./s1. The van der Waals surface area contributed by atoms with Gasteiger partial charge in [0.05, 0.1) is 25.4 Å². The van der Waals surface area contributed by atoms with Crippen molar-refractivity contribution in [3.05, 3.63) is 71.8 Å². The maximum atomic E-state index is 14.0. The van der Waals surface area contributed by atoms with E-state index in [9.17, 15) is 34.5 Å². The summed E-state index contributed by atoms with van der Waals surface area (Å²) in [5, 5.41) is 30.9. The lowest BCUT2D eigenvalue weighted by molar-refractivity contribution is -0.236. The fourth-order valence-electron chi connectivity index (χ4n) is 16.4. The molecule has 2 aromatic rings. The number of aliphatic hydroxyl groups is 3. The molecule has 0 radical (unpaired) electrons. The van der Waals surface area contributed by atoms with Crippen LogP contribution in [0.25, 0.3) is 0 Å². The number of benzene rings is 2. The number of ketones is 2. The second-order valence-electron chi connectivity index (χ2n) is 24.1. The van der Waals surface area contributed by atoms with Crippen molar-refractivity contribution >= 4 is 23.5 Å². The Labute approximate surface area is 437 Å². The summed E-state index contributed by atoms with van der Waals surface area (Å²) in [6.45, 7) is 19.5. The normalized spacial score (nSPS) is 39.7. The van der Waals surface area contributed by atoms with E-state index in [0.717, 1.165) is 62.5 Å². The molecule has 2 aromatic carbocycles. The summed E-state index contributed by atoms with van der Waals surface area (Å²) in [4.78, 5) is 52.7. The Hall–Kier alpha value is -3.52. The van der Waals surface area contributed by atoms with Gasteiger partial charge in [0.2, 0.25) is 0 Å². The number of carbonyl (C=O) groups excluding carboxylic acids is 4. The molecule has 6 aliphatic rings. The van der Waals surface area contributed by atoms with Gasteiger partial charge in [0.1, 0.15) is 43.8 Å². The Balaban J connectivity index is 0.000000259. The number of hydrogen-bond donors (Lipinski definition) is 3. The largest absolute Gasteiger partial charge is 0.460 e. The first-order chi connectivity index (χ1) is 34.3. The quantitative estimate of drug-likeness (QED) is 0.0826. The van der Waals surface area contributed by atoms with E-state index < -0.39 is 47.1 Å². The van der Waals surface area contributed by atoms with Gasteiger partial charge in [0.15, 0.2) is 0 Å². The summed E-state index contributed by atoms with van der Waals surface area (Å²) in [5.41, 5.74) is -0.334. The molecule has 6 aliphatic carbocycles. The molecule has 408 valence electrons. The van der Waals surface area contributed by atoms with E-state index in [2.05, 4.69) is 53.7 Å². The van der Waals surface area contributed by atoms with Gasteiger partial charge >= 0.3 is 11.9 Å². The summed E-state index contributed by atoms with van der Waals surface area (Å²) < 4.78 is 30.9. The van der Waals surface area contributed by atoms with Gasteiger partial charge in [-0.05, 0) is 121 Å². The van der Waals surface area contributed by atoms with Crippen LogP contribution in [0, 0.1) is 68.0 Å². The highest BCUT2D eigenvalue weighted by molar-refractivity contribution is 5.86. The van der Waals surface area contributed by atoms with Crippen LogP contribution in [-0.4, -0.2) is 89.9 Å². The van der Waals surface area contributed by atoms with Crippen LogP contribution in [0.2, 0.25) is 0 Å². The van der Waals surface area contributed by atoms with Crippen LogP contribution >= 0.6 is 0 Å². The van der Waals surface area contributed by atoms with Crippen LogP contribution < -0.4 is 0 Å². The van der Waals surface area contributed by atoms with Crippen LogP contribution in [0.1, 0.15) is 164 Å². The highest BCUT2D eigenvalue weighted by Gasteiger charge is 2.71. The minimum absolute atomic E-state index is 0. The molecule has 2 unspecified atom stereocenters. The number of rotatable bonds is 16. The van der Waals surface area contributed by atoms with Gasteiger partial charge in [-0.2, -0.15) is 0 Å². The van der Waals surface area contributed by atoms with E-state index in [1.54, 1.807) is 0 Å². The smallest absolute Gasteiger partial charge is 0.332 e. The van der Waals surface area contributed by atoms with E-state index in [1.807, 2.05) is 69.3 Å². The number of ether oxygens (including phenoxy) is 5. The Morgan fingerprint density at radius 1 is 0.644 bits per heavy atom. The van der Waals surface area contributed by atoms with Crippen molar-refractivity contribution < 1.29 is 58.2 Å². The molecule has 0 heterocycles. The Morgan fingerprint density at radius 3 is 1.63 bits per heavy atom. The van der Waals surface area contributed by atoms with Crippen molar-refractivity contribution in [3.8, 4) is 0 Å². The molecule has 6 fully saturated rings. The molecular formula is C61H92O12. The second-order valence-corrected chi connectivity index (χ2v) is 24.1. The molecule has 0 amide bonds. The number of esters is 2. The molecule has 0 spiro atoms. The van der Waals surface area contributed by atoms with Gasteiger partial charge in [0, 0.05) is 42.1 Å². The van der Waals surface area contributed by atoms with Gasteiger partial charge in [-0.1, -0.05) is 137 Å². The third kappa shape index (κ3) is 10.8. The highest BCUT2D eigenvalue weighted by atomic mass is 16.7. The predicted molar refractivity (Wildman–Crippen MR) is 280 cm³/mol. The first-order valence-corrected chi connectivity index (χ1v) is 27.5. The Morgan fingerprint density at radius 2 is 1.12 bits per heavy atom. The van der Waals surface area contributed by atoms with Crippen LogP contribution in [0.15, 0.2) is 60.7 Å². The molecule has 0 aromatic heterocycles. The van der Waals surface area contributed by atoms with Crippen LogP contribution in [0.3, 0.4) is 0 Å². The zero-order valence-electron chi connectivity index (χ0n) is 45.0. The molecule has 0 saturated heterocycles. The molecule has 73 heavy (non-hydrogen) atoms. The van der Waals surface area contributed by atoms with Crippen molar-refractivity contribution in [1.29, 1.82) is 0 Å². The minimum Gasteiger partial charge on any atom is -0.460 e. The highest BCUT2D eigenvalue weighted by Crippen LogP contribution is 2.70. The molecule has 4 bridgehead atoms. The summed E-state index contributed by atoms with van der Waals surface area (Å²) in [6.07, 6.45) is 7.99. The molecule has 0 aliphatic heterocycles. The molecular weight excluding hydrogens is 925 g/mol. The lowest BCUT2D eigenvalue weighted by Gasteiger charge is -2.63.